The lowest BCUT2D eigenvalue weighted by molar-refractivity contribution is 0.416. The first kappa shape index (κ1) is 8.56. The summed E-state index contributed by atoms with van der Waals surface area (Å²) in [7, 11) is 1.67. The van der Waals surface area contributed by atoms with E-state index in [-0.39, 0.29) is 6.04 Å². The molecule has 1 heterocycles. The highest BCUT2D eigenvalue weighted by molar-refractivity contribution is 7.10. The molecule has 2 N–H and O–H groups in total. The van der Waals surface area contributed by atoms with Gasteiger partial charge in [0.25, 0.3) is 0 Å². The molecular formula is C8H13NOS. The Balaban J connectivity index is 2.71. The van der Waals surface area contributed by atoms with Crippen LogP contribution in [0, 0.1) is 0 Å². The predicted molar refractivity (Wildman–Crippen MR) is 48.1 cm³/mol. The van der Waals surface area contributed by atoms with Gasteiger partial charge in [-0.2, -0.15) is 0 Å². The fourth-order valence-electron chi connectivity index (χ4n) is 0.837. The predicted octanol–water partition coefficient (Wildman–Crippen LogP) is 2.17. The van der Waals surface area contributed by atoms with Crippen LogP contribution in [0.15, 0.2) is 11.4 Å². The maximum Gasteiger partial charge on any atom is 0.129 e. The molecule has 11 heavy (non-hydrogen) atoms. The first-order valence-electron chi connectivity index (χ1n) is 3.66. The van der Waals surface area contributed by atoms with Gasteiger partial charge in [0.1, 0.15) is 5.75 Å². The van der Waals surface area contributed by atoms with Crippen LogP contribution in [0.3, 0.4) is 0 Å². The van der Waals surface area contributed by atoms with Crippen molar-refractivity contribution in [3.05, 3.63) is 16.3 Å². The van der Waals surface area contributed by atoms with E-state index in [0.29, 0.717) is 0 Å². The van der Waals surface area contributed by atoms with Crippen molar-refractivity contribution >= 4 is 11.3 Å². The zero-order valence-corrected chi connectivity index (χ0v) is 7.65. The van der Waals surface area contributed by atoms with Gasteiger partial charge in [0.2, 0.25) is 0 Å². The molecule has 1 aromatic rings. The third-order valence-corrected chi connectivity index (χ3v) is 2.68. The zero-order chi connectivity index (χ0) is 8.27. The molecule has 0 bridgehead atoms. The first-order chi connectivity index (χ1) is 5.27. The fourth-order valence-corrected chi connectivity index (χ4v) is 1.78. The van der Waals surface area contributed by atoms with Gasteiger partial charge < -0.3 is 10.5 Å². The van der Waals surface area contributed by atoms with Crippen LogP contribution in [0.1, 0.15) is 24.3 Å². The summed E-state index contributed by atoms with van der Waals surface area (Å²) in [5.41, 5.74) is 5.82. The van der Waals surface area contributed by atoms with Gasteiger partial charge >= 0.3 is 0 Å². The summed E-state index contributed by atoms with van der Waals surface area (Å²) < 4.78 is 5.04. The number of hydrogen-bond acceptors (Lipinski definition) is 3. The number of nitrogens with two attached hydrogens (primary N) is 1. The molecule has 0 saturated carbocycles. The molecule has 0 fully saturated rings. The molecule has 0 radical (unpaired) electrons. The molecule has 1 aromatic heterocycles. The highest BCUT2D eigenvalue weighted by Crippen LogP contribution is 2.26. The standard InChI is InChI=1S/C8H13NOS/c1-3-7(9)8-4-6(10-2)5-11-8/h4-5,7H,3,9H2,1-2H3. The summed E-state index contributed by atoms with van der Waals surface area (Å²) in [4.78, 5) is 1.20. The maximum atomic E-state index is 5.82. The Morgan fingerprint density at radius 3 is 2.91 bits per heavy atom. The summed E-state index contributed by atoms with van der Waals surface area (Å²) in [5.74, 6) is 0.911. The molecule has 1 unspecified atom stereocenters. The van der Waals surface area contributed by atoms with Crippen molar-refractivity contribution in [2.24, 2.45) is 5.73 Å². The second-order valence-electron chi connectivity index (χ2n) is 2.40. The molecule has 0 amide bonds. The molecule has 62 valence electrons. The quantitative estimate of drug-likeness (QED) is 0.756. The van der Waals surface area contributed by atoms with E-state index in [1.54, 1.807) is 18.4 Å². The number of hydrogen-bond donors (Lipinski definition) is 1. The minimum atomic E-state index is 0.170. The van der Waals surface area contributed by atoms with E-state index >= 15 is 0 Å². The Hall–Kier alpha value is -0.540. The normalized spacial score (nSPS) is 13.0. The van der Waals surface area contributed by atoms with Crippen LogP contribution in [-0.2, 0) is 0 Å². The second kappa shape index (κ2) is 3.74. The van der Waals surface area contributed by atoms with Crippen LogP contribution < -0.4 is 10.5 Å². The molecule has 0 aliphatic carbocycles. The van der Waals surface area contributed by atoms with Gasteiger partial charge in [0, 0.05) is 16.3 Å². The summed E-state index contributed by atoms with van der Waals surface area (Å²) in [6.07, 6.45) is 0.976. The zero-order valence-electron chi connectivity index (χ0n) is 6.83. The van der Waals surface area contributed by atoms with E-state index in [0.717, 1.165) is 12.2 Å². The Kier molecular flexibility index (Phi) is 2.91. The maximum absolute atomic E-state index is 5.82. The Morgan fingerprint density at radius 2 is 2.45 bits per heavy atom. The largest absolute Gasteiger partial charge is 0.496 e. The fraction of sp³-hybridized carbons (Fsp3) is 0.500. The Bertz CT molecular complexity index is 222. The van der Waals surface area contributed by atoms with Gasteiger partial charge in [-0.15, -0.1) is 11.3 Å². The van der Waals surface area contributed by atoms with Crippen LogP contribution in [0.2, 0.25) is 0 Å². The van der Waals surface area contributed by atoms with Crippen LogP contribution in [0.25, 0.3) is 0 Å². The van der Waals surface area contributed by atoms with Crippen LogP contribution in [-0.4, -0.2) is 7.11 Å². The molecular weight excluding hydrogens is 158 g/mol. The number of rotatable bonds is 3. The molecule has 3 heteroatoms. The van der Waals surface area contributed by atoms with Gasteiger partial charge in [-0.25, -0.2) is 0 Å². The molecule has 0 spiro atoms. The minimum absolute atomic E-state index is 0.170. The van der Waals surface area contributed by atoms with Gasteiger partial charge in [-0.1, -0.05) is 6.92 Å². The van der Waals surface area contributed by atoms with Crippen molar-refractivity contribution in [3.63, 3.8) is 0 Å². The van der Waals surface area contributed by atoms with Gasteiger partial charge in [-0.3, -0.25) is 0 Å². The number of thiophene rings is 1. The van der Waals surface area contributed by atoms with E-state index in [1.165, 1.54) is 4.88 Å². The summed E-state index contributed by atoms with van der Waals surface area (Å²) in [6, 6.07) is 2.17. The lowest BCUT2D eigenvalue weighted by atomic mass is 10.2. The van der Waals surface area contributed by atoms with E-state index in [2.05, 4.69) is 6.92 Å². The second-order valence-corrected chi connectivity index (χ2v) is 3.35. The molecule has 0 aliphatic rings. The molecule has 1 atom stereocenters. The van der Waals surface area contributed by atoms with Crippen molar-refractivity contribution in [1.82, 2.24) is 0 Å². The smallest absolute Gasteiger partial charge is 0.129 e. The van der Waals surface area contributed by atoms with Crippen molar-refractivity contribution < 1.29 is 4.74 Å². The summed E-state index contributed by atoms with van der Waals surface area (Å²) in [5, 5.41) is 1.98. The van der Waals surface area contributed by atoms with Gasteiger partial charge in [-0.05, 0) is 12.5 Å². The Labute approximate surface area is 71.0 Å². The van der Waals surface area contributed by atoms with Crippen molar-refractivity contribution in [2.75, 3.05) is 7.11 Å². The average Bonchev–Trinajstić information content (AvgIpc) is 2.50. The number of ether oxygens (including phenoxy) is 1. The third-order valence-electron chi connectivity index (χ3n) is 1.64. The molecule has 0 saturated heterocycles. The van der Waals surface area contributed by atoms with Crippen LogP contribution >= 0.6 is 11.3 Å². The summed E-state index contributed by atoms with van der Waals surface area (Å²) in [6.45, 7) is 2.08. The van der Waals surface area contributed by atoms with Crippen molar-refractivity contribution in [1.29, 1.82) is 0 Å². The molecule has 2 nitrogen and oxygen atoms in total. The lowest BCUT2D eigenvalue weighted by Crippen LogP contribution is -2.05. The Morgan fingerprint density at radius 1 is 1.73 bits per heavy atom. The van der Waals surface area contributed by atoms with E-state index < -0.39 is 0 Å². The van der Waals surface area contributed by atoms with Gasteiger partial charge in [0.15, 0.2) is 0 Å². The summed E-state index contributed by atoms with van der Waals surface area (Å²) >= 11 is 1.66. The number of methoxy groups -OCH3 is 1. The van der Waals surface area contributed by atoms with Gasteiger partial charge in [0.05, 0.1) is 7.11 Å². The van der Waals surface area contributed by atoms with E-state index in [1.807, 2.05) is 11.4 Å². The highest BCUT2D eigenvalue weighted by atomic mass is 32.1. The molecule has 1 rings (SSSR count). The van der Waals surface area contributed by atoms with Crippen molar-refractivity contribution in [3.8, 4) is 5.75 Å². The van der Waals surface area contributed by atoms with Crippen molar-refractivity contribution in [2.45, 2.75) is 19.4 Å². The lowest BCUT2D eigenvalue weighted by Gasteiger charge is -2.03. The third kappa shape index (κ3) is 1.94. The highest BCUT2D eigenvalue weighted by Gasteiger charge is 2.05. The van der Waals surface area contributed by atoms with E-state index in [4.69, 9.17) is 10.5 Å². The molecule has 0 aliphatic heterocycles. The first-order valence-corrected chi connectivity index (χ1v) is 4.54. The average molecular weight is 171 g/mol. The van der Waals surface area contributed by atoms with Crippen LogP contribution in [0.5, 0.6) is 5.75 Å². The monoisotopic (exact) mass is 171 g/mol. The van der Waals surface area contributed by atoms with E-state index in [9.17, 15) is 0 Å². The minimum Gasteiger partial charge on any atom is -0.496 e. The molecule has 0 aromatic carbocycles. The topological polar surface area (TPSA) is 35.2 Å². The van der Waals surface area contributed by atoms with Crippen LogP contribution in [0.4, 0.5) is 0 Å². The SMILES string of the molecule is CCC(N)c1cc(OC)cs1.